The van der Waals surface area contributed by atoms with Crippen molar-refractivity contribution in [2.45, 2.75) is 13.3 Å². The third kappa shape index (κ3) is 1.78. The van der Waals surface area contributed by atoms with E-state index in [9.17, 15) is 4.79 Å². The second-order valence-corrected chi connectivity index (χ2v) is 4.51. The maximum Gasteiger partial charge on any atom is 0.253 e. The first-order valence-electron chi connectivity index (χ1n) is 5.91. The van der Waals surface area contributed by atoms with Crippen molar-refractivity contribution in [3.8, 4) is 0 Å². The largest absolute Gasteiger partial charge is 0.339 e. The molecule has 0 radical (unpaired) electrons. The van der Waals surface area contributed by atoms with Crippen LogP contribution in [0.5, 0.6) is 0 Å². The lowest BCUT2D eigenvalue weighted by Crippen LogP contribution is -2.41. The van der Waals surface area contributed by atoms with Crippen molar-refractivity contribution in [1.29, 1.82) is 0 Å². The van der Waals surface area contributed by atoms with Gasteiger partial charge in [-0.2, -0.15) is 0 Å². The molecule has 17 heavy (non-hydrogen) atoms. The molecule has 0 aliphatic carbocycles. The minimum atomic E-state index is 0.138. The van der Waals surface area contributed by atoms with Gasteiger partial charge in [0, 0.05) is 29.7 Å². The normalized spacial score (nSPS) is 14.8. The number of fused-ring (bicyclic) bond motifs is 1. The highest BCUT2D eigenvalue weighted by atomic mass is 16.2. The zero-order valence-corrected chi connectivity index (χ0v) is 9.81. The third-order valence-electron chi connectivity index (χ3n) is 3.22. The number of likely N-dealkylation sites (tertiary alicyclic amines) is 1. The van der Waals surface area contributed by atoms with Gasteiger partial charge in [-0.05, 0) is 37.6 Å². The molecule has 0 atom stereocenters. The van der Waals surface area contributed by atoms with Crippen molar-refractivity contribution in [2.75, 3.05) is 13.1 Å². The minimum absolute atomic E-state index is 0.138. The van der Waals surface area contributed by atoms with Crippen LogP contribution in [-0.2, 0) is 0 Å². The van der Waals surface area contributed by atoms with Crippen molar-refractivity contribution in [3.05, 3.63) is 41.6 Å². The minimum Gasteiger partial charge on any atom is -0.339 e. The molecule has 3 nitrogen and oxygen atoms in total. The van der Waals surface area contributed by atoms with E-state index in [0.29, 0.717) is 0 Å². The van der Waals surface area contributed by atoms with Crippen molar-refractivity contribution in [1.82, 2.24) is 9.88 Å². The lowest BCUT2D eigenvalue weighted by atomic mass is 10.1. The number of hydrogen-bond donors (Lipinski definition) is 0. The van der Waals surface area contributed by atoms with E-state index < -0.39 is 0 Å². The molecule has 0 bridgehead atoms. The van der Waals surface area contributed by atoms with E-state index in [-0.39, 0.29) is 5.91 Å². The number of carbonyl (C=O) groups excluding carboxylic acids is 1. The molecule has 2 heterocycles. The molecule has 3 heteroatoms. The first-order valence-corrected chi connectivity index (χ1v) is 5.91. The Labute approximate surface area is 100 Å². The Bertz CT molecular complexity index is 588. The number of pyridine rings is 1. The van der Waals surface area contributed by atoms with Crippen LogP contribution in [0.3, 0.4) is 0 Å². The lowest BCUT2D eigenvalue weighted by Gasteiger charge is -2.30. The molecule has 1 aliphatic heterocycles. The molecule has 1 saturated heterocycles. The second-order valence-electron chi connectivity index (χ2n) is 4.51. The molecular weight excluding hydrogens is 212 g/mol. The number of aromatic nitrogens is 1. The van der Waals surface area contributed by atoms with E-state index >= 15 is 0 Å². The third-order valence-corrected chi connectivity index (χ3v) is 3.22. The number of benzene rings is 1. The van der Waals surface area contributed by atoms with Crippen molar-refractivity contribution in [3.63, 3.8) is 0 Å². The molecule has 1 aliphatic rings. The van der Waals surface area contributed by atoms with Gasteiger partial charge in [0.25, 0.3) is 5.91 Å². The second kappa shape index (κ2) is 3.84. The lowest BCUT2D eigenvalue weighted by molar-refractivity contribution is 0.0652. The Hall–Kier alpha value is -1.90. The number of rotatable bonds is 1. The van der Waals surface area contributed by atoms with Crippen molar-refractivity contribution in [2.24, 2.45) is 0 Å². The van der Waals surface area contributed by atoms with Crippen molar-refractivity contribution >= 4 is 16.8 Å². The summed E-state index contributed by atoms with van der Waals surface area (Å²) in [5.41, 5.74) is 2.72. The highest BCUT2D eigenvalue weighted by Crippen LogP contribution is 2.18. The summed E-state index contributed by atoms with van der Waals surface area (Å²) in [5, 5.41) is 1.03. The molecule has 0 spiro atoms. The summed E-state index contributed by atoms with van der Waals surface area (Å²) in [6, 6.07) is 9.72. The fraction of sp³-hybridized carbons (Fsp3) is 0.286. The Kier molecular flexibility index (Phi) is 2.32. The smallest absolute Gasteiger partial charge is 0.253 e. The molecule has 86 valence electrons. The van der Waals surface area contributed by atoms with Gasteiger partial charge in [0.15, 0.2) is 0 Å². The maximum atomic E-state index is 12.0. The van der Waals surface area contributed by atoms with Gasteiger partial charge in [0.2, 0.25) is 0 Å². The van der Waals surface area contributed by atoms with E-state index in [2.05, 4.69) is 4.98 Å². The average molecular weight is 226 g/mol. The molecular formula is C14H14N2O. The Balaban J connectivity index is 2.01. The SMILES string of the molecule is Cc1ccc2cc(C(=O)N3CCC3)ccc2n1. The Morgan fingerprint density at radius 3 is 2.76 bits per heavy atom. The van der Waals surface area contributed by atoms with Crippen LogP contribution in [0.25, 0.3) is 10.9 Å². The molecule has 0 unspecified atom stereocenters. The zero-order valence-electron chi connectivity index (χ0n) is 9.81. The number of nitrogens with zero attached hydrogens (tertiary/aromatic N) is 2. The van der Waals surface area contributed by atoms with Crippen LogP contribution in [0.15, 0.2) is 30.3 Å². The van der Waals surface area contributed by atoms with Crippen LogP contribution in [0, 0.1) is 6.92 Å². The Morgan fingerprint density at radius 2 is 2.06 bits per heavy atom. The van der Waals surface area contributed by atoms with Crippen LogP contribution >= 0.6 is 0 Å². The maximum absolute atomic E-state index is 12.0. The van der Waals surface area contributed by atoms with E-state index in [4.69, 9.17) is 0 Å². The van der Waals surface area contributed by atoms with Gasteiger partial charge in [-0.25, -0.2) is 0 Å². The summed E-state index contributed by atoms with van der Waals surface area (Å²) >= 11 is 0. The molecule has 1 amide bonds. The molecule has 3 rings (SSSR count). The number of hydrogen-bond acceptors (Lipinski definition) is 2. The van der Waals surface area contributed by atoms with E-state index in [1.54, 1.807) is 0 Å². The molecule has 1 aromatic carbocycles. The van der Waals surface area contributed by atoms with E-state index in [0.717, 1.165) is 41.7 Å². The highest BCUT2D eigenvalue weighted by molar-refractivity contribution is 5.98. The van der Waals surface area contributed by atoms with Crippen LogP contribution in [-0.4, -0.2) is 28.9 Å². The first-order chi connectivity index (χ1) is 8.24. The summed E-state index contributed by atoms with van der Waals surface area (Å²) < 4.78 is 0. The molecule has 2 aromatic rings. The van der Waals surface area contributed by atoms with Gasteiger partial charge in [0.05, 0.1) is 5.52 Å². The predicted molar refractivity (Wildman–Crippen MR) is 67.0 cm³/mol. The fourth-order valence-electron chi connectivity index (χ4n) is 2.06. The van der Waals surface area contributed by atoms with Gasteiger partial charge in [-0.1, -0.05) is 6.07 Å². The van der Waals surface area contributed by atoms with Gasteiger partial charge < -0.3 is 4.90 Å². The number of aryl methyl sites for hydroxylation is 1. The van der Waals surface area contributed by atoms with Crippen LogP contribution in [0.2, 0.25) is 0 Å². The van der Waals surface area contributed by atoms with E-state index in [1.165, 1.54) is 0 Å². The molecule has 0 saturated carbocycles. The van der Waals surface area contributed by atoms with Crippen molar-refractivity contribution < 1.29 is 4.79 Å². The summed E-state index contributed by atoms with van der Waals surface area (Å²) in [5.74, 6) is 0.138. The van der Waals surface area contributed by atoms with Crippen LogP contribution in [0.4, 0.5) is 0 Å². The van der Waals surface area contributed by atoms with Gasteiger partial charge >= 0.3 is 0 Å². The van der Waals surface area contributed by atoms with E-state index in [1.807, 2.05) is 42.2 Å². The number of amides is 1. The quantitative estimate of drug-likeness (QED) is 0.748. The molecule has 1 aromatic heterocycles. The zero-order chi connectivity index (χ0) is 11.8. The summed E-state index contributed by atoms with van der Waals surface area (Å²) in [6.45, 7) is 3.75. The fourth-order valence-corrected chi connectivity index (χ4v) is 2.06. The topological polar surface area (TPSA) is 33.2 Å². The Morgan fingerprint density at radius 1 is 1.24 bits per heavy atom. The van der Waals surface area contributed by atoms with Crippen LogP contribution in [0.1, 0.15) is 22.5 Å². The first kappa shape index (κ1) is 10.3. The highest BCUT2D eigenvalue weighted by Gasteiger charge is 2.21. The summed E-state index contributed by atoms with van der Waals surface area (Å²) in [6.07, 6.45) is 1.13. The van der Waals surface area contributed by atoms with Gasteiger partial charge in [-0.15, -0.1) is 0 Å². The predicted octanol–water partition coefficient (Wildman–Crippen LogP) is 2.39. The standard InChI is InChI=1S/C14H14N2O/c1-10-3-4-11-9-12(5-6-13(11)15-10)14(17)16-7-2-8-16/h3-6,9H,2,7-8H2,1H3. The summed E-state index contributed by atoms with van der Waals surface area (Å²) in [4.78, 5) is 18.4. The van der Waals surface area contributed by atoms with Gasteiger partial charge in [0.1, 0.15) is 0 Å². The average Bonchev–Trinajstić information content (AvgIpc) is 2.26. The van der Waals surface area contributed by atoms with Gasteiger partial charge in [-0.3, -0.25) is 9.78 Å². The molecule has 0 N–H and O–H groups in total. The monoisotopic (exact) mass is 226 g/mol. The number of carbonyl (C=O) groups is 1. The molecule has 1 fully saturated rings. The van der Waals surface area contributed by atoms with Crippen LogP contribution < -0.4 is 0 Å². The summed E-state index contributed by atoms with van der Waals surface area (Å²) in [7, 11) is 0.